The van der Waals surface area contributed by atoms with Gasteiger partial charge >= 0.3 is 0 Å². The SMILES string of the molecule is COc1ccc(OC)c(-c2cc(C(=O)N3CCc4nc(NC(C)=O)sc4C3)[nH]n2)c1. The van der Waals surface area contributed by atoms with E-state index < -0.39 is 0 Å². The van der Waals surface area contributed by atoms with Crippen LogP contribution in [0.25, 0.3) is 11.3 Å². The van der Waals surface area contributed by atoms with Crippen LogP contribution >= 0.6 is 11.3 Å². The lowest BCUT2D eigenvalue weighted by molar-refractivity contribution is -0.114. The van der Waals surface area contributed by atoms with Gasteiger partial charge in [-0.05, 0) is 24.3 Å². The predicted molar refractivity (Wildman–Crippen MR) is 112 cm³/mol. The van der Waals surface area contributed by atoms with Gasteiger partial charge in [-0.1, -0.05) is 11.3 Å². The van der Waals surface area contributed by atoms with Crippen LogP contribution < -0.4 is 14.8 Å². The Hall–Kier alpha value is -3.40. The zero-order chi connectivity index (χ0) is 21.3. The zero-order valence-corrected chi connectivity index (χ0v) is 17.6. The summed E-state index contributed by atoms with van der Waals surface area (Å²) in [4.78, 5) is 31.4. The Bertz CT molecular complexity index is 1110. The number of thiazole rings is 1. The Morgan fingerprint density at radius 1 is 1.23 bits per heavy atom. The highest BCUT2D eigenvalue weighted by Crippen LogP contribution is 2.33. The van der Waals surface area contributed by atoms with E-state index in [9.17, 15) is 9.59 Å². The number of hydrogen-bond acceptors (Lipinski definition) is 7. The number of nitrogens with zero attached hydrogens (tertiary/aromatic N) is 3. The summed E-state index contributed by atoms with van der Waals surface area (Å²) in [6.45, 7) is 2.44. The summed E-state index contributed by atoms with van der Waals surface area (Å²) in [6.07, 6.45) is 0.641. The molecule has 0 unspecified atom stereocenters. The van der Waals surface area contributed by atoms with E-state index in [1.54, 1.807) is 37.3 Å². The molecule has 0 atom stereocenters. The van der Waals surface area contributed by atoms with E-state index in [2.05, 4.69) is 20.5 Å². The molecule has 1 aliphatic rings. The van der Waals surface area contributed by atoms with Crippen LogP contribution in [-0.2, 0) is 17.8 Å². The molecule has 0 bridgehead atoms. The Kier molecular flexibility index (Phi) is 5.40. The molecule has 2 N–H and O–H groups in total. The Labute approximate surface area is 177 Å². The minimum absolute atomic E-state index is 0.143. The smallest absolute Gasteiger partial charge is 0.272 e. The number of nitrogens with one attached hydrogen (secondary N) is 2. The first-order chi connectivity index (χ1) is 14.5. The number of rotatable bonds is 5. The molecule has 0 spiro atoms. The summed E-state index contributed by atoms with van der Waals surface area (Å²) in [5.74, 6) is 1.01. The predicted octanol–water partition coefficient (Wildman–Crippen LogP) is 2.71. The van der Waals surface area contributed by atoms with Crippen molar-refractivity contribution in [2.24, 2.45) is 0 Å². The van der Waals surface area contributed by atoms with Crippen molar-refractivity contribution >= 4 is 28.3 Å². The molecule has 2 amide bonds. The van der Waals surface area contributed by atoms with Gasteiger partial charge in [0.1, 0.15) is 17.2 Å². The third-order valence-electron chi connectivity index (χ3n) is 4.79. The van der Waals surface area contributed by atoms with Gasteiger partial charge in [0, 0.05) is 30.3 Å². The van der Waals surface area contributed by atoms with Gasteiger partial charge < -0.3 is 19.7 Å². The molecule has 0 radical (unpaired) electrons. The second-order valence-electron chi connectivity index (χ2n) is 6.78. The number of amides is 2. The number of carbonyl (C=O) groups excluding carboxylic acids is 2. The van der Waals surface area contributed by atoms with Crippen molar-refractivity contribution in [2.45, 2.75) is 19.9 Å². The highest BCUT2D eigenvalue weighted by atomic mass is 32.1. The summed E-state index contributed by atoms with van der Waals surface area (Å²) in [5, 5.41) is 10.4. The van der Waals surface area contributed by atoms with E-state index in [1.165, 1.54) is 18.3 Å². The molecule has 10 heteroatoms. The van der Waals surface area contributed by atoms with Gasteiger partial charge in [-0.25, -0.2) is 4.98 Å². The first kappa shape index (κ1) is 19.9. The van der Waals surface area contributed by atoms with Gasteiger partial charge in [-0.3, -0.25) is 14.7 Å². The standard InChI is InChI=1S/C20H21N5O4S/c1-11(26)21-20-22-14-6-7-25(10-18(14)30-20)19(27)16-9-15(23-24-16)13-8-12(28-2)4-5-17(13)29-3/h4-5,8-9H,6-7,10H2,1-3H3,(H,23,24)(H,21,22,26). The first-order valence-electron chi connectivity index (χ1n) is 9.31. The first-order valence-corrected chi connectivity index (χ1v) is 10.1. The molecule has 0 saturated heterocycles. The molecule has 3 aromatic rings. The zero-order valence-electron chi connectivity index (χ0n) is 16.8. The van der Waals surface area contributed by atoms with Gasteiger partial charge in [0.25, 0.3) is 5.91 Å². The number of aromatic amines is 1. The monoisotopic (exact) mass is 427 g/mol. The van der Waals surface area contributed by atoms with E-state index in [0.717, 1.165) is 16.1 Å². The lowest BCUT2D eigenvalue weighted by Gasteiger charge is -2.25. The average Bonchev–Trinajstić information content (AvgIpc) is 3.38. The summed E-state index contributed by atoms with van der Waals surface area (Å²) in [5.41, 5.74) is 2.65. The lowest BCUT2D eigenvalue weighted by Crippen LogP contribution is -2.35. The van der Waals surface area contributed by atoms with Gasteiger partial charge in [0.15, 0.2) is 5.13 Å². The largest absolute Gasteiger partial charge is 0.497 e. The molecule has 30 heavy (non-hydrogen) atoms. The van der Waals surface area contributed by atoms with Crippen molar-refractivity contribution in [1.29, 1.82) is 0 Å². The van der Waals surface area contributed by atoms with Crippen LogP contribution in [0.5, 0.6) is 11.5 Å². The highest BCUT2D eigenvalue weighted by molar-refractivity contribution is 7.15. The van der Waals surface area contributed by atoms with Crippen molar-refractivity contribution in [1.82, 2.24) is 20.1 Å². The topological polar surface area (TPSA) is 109 Å². The maximum Gasteiger partial charge on any atom is 0.272 e. The quantitative estimate of drug-likeness (QED) is 0.648. The number of methoxy groups -OCH3 is 2. The van der Waals surface area contributed by atoms with Gasteiger partial charge in [-0.15, -0.1) is 0 Å². The molecule has 0 saturated carbocycles. The molecular formula is C20H21N5O4S. The molecular weight excluding hydrogens is 406 g/mol. The molecule has 1 aromatic carbocycles. The number of hydrogen-bond donors (Lipinski definition) is 2. The molecule has 9 nitrogen and oxygen atoms in total. The normalized spacial score (nSPS) is 13.0. The maximum absolute atomic E-state index is 13.0. The lowest BCUT2D eigenvalue weighted by atomic mass is 10.1. The molecule has 0 fully saturated rings. The van der Waals surface area contributed by atoms with Crippen molar-refractivity contribution < 1.29 is 19.1 Å². The van der Waals surface area contributed by atoms with Crippen LogP contribution in [0.15, 0.2) is 24.3 Å². The Balaban J connectivity index is 1.54. The fourth-order valence-electron chi connectivity index (χ4n) is 3.33. The van der Waals surface area contributed by atoms with Crippen LogP contribution in [0.3, 0.4) is 0 Å². The van der Waals surface area contributed by atoms with E-state index in [0.29, 0.717) is 47.5 Å². The van der Waals surface area contributed by atoms with E-state index in [1.807, 2.05) is 6.07 Å². The number of anilines is 1. The Morgan fingerprint density at radius 3 is 2.80 bits per heavy atom. The van der Waals surface area contributed by atoms with Crippen molar-refractivity contribution in [3.63, 3.8) is 0 Å². The van der Waals surface area contributed by atoms with Gasteiger partial charge in [0.05, 0.1) is 32.2 Å². The fraction of sp³-hybridized carbons (Fsp3) is 0.300. The number of aromatic nitrogens is 3. The number of fused-ring (bicyclic) bond motifs is 1. The summed E-state index contributed by atoms with van der Waals surface area (Å²) in [6, 6.07) is 7.13. The van der Waals surface area contributed by atoms with Gasteiger partial charge in [-0.2, -0.15) is 5.10 Å². The Morgan fingerprint density at radius 2 is 2.07 bits per heavy atom. The van der Waals surface area contributed by atoms with Crippen LogP contribution in [0.1, 0.15) is 28.0 Å². The third-order valence-corrected chi connectivity index (χ3v) is 5.79. The van der Waals surface area contributed by atoms with Crippen LogP contribution in [0, 0.1) is 0 Å². The summed E-state index contributed by atoms with van der Waals surface area (Å²) in [7, 11) is 3.17. The third kappa shape index (κ3) is 3.86. The molecule has 156 valence electrons. The molecule has 3 heterocycles. The van der Waals surface area contributed by atoms with Crippen molar-refractivity contribution in [2.75, 3.05) is 26.1 Å². The minimum atomic E-state index is -0.160. The van der Waals surface area contributed by atoms with Crippen molar-refractivity contribution in [3.05, 3.63) is 40.5 Å². The number of ether oxygens (including phenoxy) is 2. The summed E-state index contributed by atoms with van der Waals surface area (Å²) >= 11 is 1.40. The average molecular weight is 427 g/mol. The number of carbonyl (C=O) groups is 2. The van der Waals surface area contributed by atoms with Crippen LogP contribution in [-0.4, -0.2) is 52.7 Å². The van der Waals surface area contributed by atoms with E-state index in [4.69, 9.17) is 9.47 Å². The molecule has 1 aliphatic heterocycles. The van der Waals surface area contributed by atoms with E-state index in [-0.39, 0.29) is 11.8 Å². The molecule has 4 rings (SSSR count). The highest BCUT2D eigenvalue weighted by Gasteiger charge is 2.26. The van der Waals surface area contributed by atoms with E-state index >= 15 is 0 Å². The number of H-pyrrole nitrogens is 1. The minimum Gasteiger partial charge on any atom is -0.497 e. The second-order valence-corrected chi connectivity index (χ2v) is 7.86. The van der Waals surface area contributed by atoms with Crippen LogP contribution in [0.4, 0.5) is 5.13 Å². The van der Waals surface area contributed by atoms with Crippen molar-refractivity contribution in [3.8, 4) is 22.8 Å². The fourth-order valence-corrected chi connectivity index (χ4v) is 4.40. The van der Waals surface area contributed by atoms with Gasteiger partial charge in [0.2, 0.25) is 5.91 Å². The molecule has 2 aromatic heterocycles. The second kappa shape index (κ2) is 8.15. The number of benzene rings is 1. The summed E-state index contributed by atoms with van der Waals surface area (Å²) < 4.78 is 10.7. The molecule has 0 aliphatic carbocycles. The maximum atomic E-state index is 13.0. The van der Waals surface area contributed by atoms with Crippen LogP contribution in [0.2, 0.25) is 0 Å².